The molecule has 1 unspecified atom stereocenters. The third-order valence-electron chi connectivity index (χ3n) is 5.43. The van der Waals surface area contributed by atoms with E-state index >= 15 is 0 Å². The Morgan fingerprint density at radius 2 is 2.07 bits per heavy atom. The van der Waals surface area contributed by atoms with Gasteiger partial charge in [0.25, 0.3) is 5.91 Å². The molecule has 0 bridgehead atoms. The number of anilines is 2. The number of likely N-dealkylation sites (tertiary alicyclic amines) is 1. The average Bonchev–Trinajstić information content (AvgIpc) is 3.09. The van der Waals surface area contributed by atoms with Gasteiger partial charge in [-0.05, 0) is 54.8 Å². The Morgan fingerprint density at radius 3 is 2.81 bits per heavy atom. The molecular weight excluding hydrogens is 338 g/mol. The first-order valence-electron chi connectivity index (χ1n) is 9.22. The van der Waals surface area contributed by atoms with Crippen LogP contribution in [0.25, 0.3) is 6.08 Å². The van der Waals surface area contributed by atoms with Crippen LogP contribution in [0.2, 0.25) is 0 Å². The van der Waals surface area contributed by atoms with Gasteiger partial charge in [-0.2, -0.15) is 0 Å². The van der Waals surface area contributed by atoms with Crippen molar-refractivity contribution in [1.29, 1.82) is 0 Å². The lowest BCUT2D eigenvalue weighted by Gasteiger charge is -2.32. The zero-order valence-corrected chi connectivity index (χ0v) is 16.2. The van der Waals surface area contributed by atoms with Crippen molar-refractivity contribution in [2.24, 2.45) is 0 Å². The summed E-state index contributed by atoms with van der Waals surface area (Å²) >= 11 is 0. The molecule has 2 aromatic rings. The van der Waals surface area contributed by atoms with Gasteiger partial charge >= 0.3 is 0 Å². The molecule has 0 spiro atoms. The van der Waals surface area contributed by atoms with Crippen LogP contribution in [0.4, 0.5) is 11.4 Å². The maximum atomic E-state index is 13.2. The number of nitrogens with zero attached hydrogens (tertiary/aromatic N) is 2. The van der Waals surface area contributed by atoms with E-state index in [0.29, 0.717) is 12.1 Å². The van der Waals surface area contributed by atoms with Crippen molar-refractivity contribution >= 4 is 23.4 Å². The Balaban J connectivity index is 1.67. The summed E-state index contributed by atoms with van der Waals surface area (Å²) in [6.07, 6.45) is 2.98. The molecule has 0 aromatic heterocycles. The van der Waals surface area contributed by atoms with Crippen molar-refractivity contribution < 1.29 is 9.53 Å². The van der Waals surface area contributed by atoms with E-state index in [4.69, 9.17) is 4.74 Å². The van der Waals surface area contributed by atoms with Gasteiger partial charge in [-0.3, -0.25) is 4.79 Å². The Morgan fingerprint density at radius 1 is 1.26 bits per heavy atom. The molecule has 1 saturated heterocycles. The predicted molar refractivity (Wildman–Crippen MR) is 110 cm³/mol. The summed E-state index contributed by atoms with van der Waals surface area (Å²) in [7, 11) is 5.64. The van der Waals surface area contributed by atoms with Crippen LogP contribution in [0.5, 0.6) is 5.75 Å². The first kappa shape index (κ1) is 17.5. The summed E-state index contributed by atoms with van der Waals surface area (Å²) < 4.78 is 5.54. The maximum Gasteiger partial charge on any atom is 0.255 e. The number of ether oxygens (including phenoxy) is 1. The molecule has 0 radical (unpaired) electrons. The van der Waals surface area contributed by atoms with Gasteiger partial charge in [0.2, 0.25) is 0 Å². The monoisotopic (exact) mass is 363 g/mol. The van der Waals surface area contributed by atoms with Gasteiger partial charge in [-0.25, -0.2) is 0 Å². The summed E-state index contributed by atoms with van der Waals surface area (Å²) in [5.74, 6) is 0.856. The Labute approximate surface area is 160 Å². The van der Waals surface area contributed by atoms with Crippen molar-refractivity contribution in [3.05, 3.63) is 58.7 Å². The van der Waals surface area contributed by atoms with E-state index in [1.807, 2.05) is 54.2 Å². The number of benzene rings is 2. The van der Waals surface area contributed by atoms with Crippen LogP contribution in [-0.4, -0.2) is 44.7 Å². The lowest BCUT2D eigenvalue weighted by atomic mass is 9.97. The number of nitrogens with one attached hydrogen (secondary N) is 1. The fourth-order valence-corrected chi connectivity index (χ4v) is 3.87. The number of aryl methyl sites for hydroxylation is 1. The largest absolute Gasteiger partial charge is 0.495 e. The highest BCUT2D eigenvalue weighted by Crippen LogP contribution is 2.41. The molecule has 1 amide bonds. The molecule has 1 N–H and O–H groups in total. The number of hydrogen-bond acceptors (Lipinski definition) is 4. The van der Waals surface area contributed by atoms with Crippen LogP contribution in [0.1, 0.15) is 27.9 Å². The van der Waals surface area contributed by atoms with E-state index in [2.05, 4.69) is 24.4 Å². The highest BCUT2D eigenvalue weighted by atomic mass is 16.5. The standard InChI is InChI=1S/C22H25N3O2/c1-14-8-9-19(27-4)20-18(14)13-15-10-11-25(21(15)23-20)22(26)16-6-5-7-17(12-16)24(2)3/h5-9,12-13,21,23H,10-11H2,1-4H3. The molecule has 5 nitrogen and oxygen atoms in total. The number of amides is 1. The van der Waals surface area contributed by atoms with E-state index in [0.717, 1.165) is 29.1 Å². The van der Waals surface area contributed by atoms with Gasteiger partial charge in [0.15, 0.2) is 0 Å². The molecule has 2 aromatic carbocycles. The van der Waals surface area contributed by atoms with Crippen LogP contribution in [0.15, 0.2) is 42.0 Å². The zero-order chi connectivity index (χ0) is 19.1. The van der Waals surface area contributed by atoms with E-state index in [1.54, 1.807) is 7.11 Å². The van der Waals surface area contributed by atoms with Crippen LogP contribution in [0, 0.1) is 6.92 Å². The van der Waals surface area contributed by atoms with Gasteiger partial charge < -0.3 is 19.9 Å². The minimum atomic E-state index is -0.122. The number of fused-ring (bicyclic) bond motifs is 2. The number of carbonyl (C=O) groups is 1. The summed E-state index contributed by atoms with van der Waals surface area (Å²) in [5.41, 5.74) is 6.31. The number of hydrogen-bond donors (Lipinski definition) is 1. The smallest absolute Gasteiger partial charge is 0.255 e. The summed E-state index contributed by atoms with van der Waals surface area (Å²) in [5, 5.41) is 3.56. The minimum absolute atomic E-state index is 0.0506. The highest BCUT2D eigenvalue weighted by Gasteiger charge is 2.36. The van der Waals surface area contributed by atoms with Gasteiger partial charge in [-0.15, -0.1) is 0 Å². The van der Waals surface area contributed by atoms with Crippen molar-refractivity contribution in [3.8, 4) is 5.75 Å². The zero-order valence-electron chi connectivity index (χ0n) is 16.2. The molecule has 0 saturated carbocycles. The van der Waals surface area contributed by atoms with Crippen LogP contribution >= 0.6 is 0 Å². The fourth-order valence-electron chi connectivity index (χ4n) is 3.87. The van der Waals surface area contributed by atoms with E-state index < -0.39 is 0 Å². The molecule has 140 valence electrons. The van der Waals surface area contributed by atoms with Crippen molar-refractivity contribution in [2.45, 2.75) is 19.5 Å². The molecule has 5 heteroatoms. The van der Waals surface area contributed by atoms with Gasteiger partial charge in [0.05, 0.1) is 12.8 Å². The van der Waals surface area contributed by atoms with Gasteiger partial charge in [0, 0.05) is 37.5 Å². The van der Waals surface area contributed by atoms with E-state index in [9.17, 15) is 4.79 Å². The van der Waals surface area contributed by atoms with Crippen molar-refractivity contribution in [3.63, 3.8) is 0 Å². The first-order chi connectivity index (χ1) is 13.0. The maximum absolute atomic E-state index is 13.2. The second-order valence-corrected chi connectivity index (χ2v) is 7.33. The first-order valence-corrected chi connectivity index (χ1v) is 9.22. The highest BCUT2D eigenvalue weighted by molar-refractivity contribution is 5.97. The quantitative estimate of drug-likeness (QED) is 0.902. The van der Waals surface area contributed by atoms with Crippen molar-refractivity contribution in [2.75, 3.05) is 38.0 Å². The summed E-state index contributed by atoms with van der Waals surface area (Å²) in [6, 6.07) is 11.8. The minimum Gasteiger partial charge on any atom is -0.495 e. The lowest BCUT2D eigenvalue weighted by molar-refractivity contribution is 0.0760. The van der Waals surface area contributed by atoms with Gasteiger partial charge in [-0.1, -0.05) is 12.1 Å². The molecule has 27 heavy (non-hydrogen) atoms. The lowest BCUT2D eigenvalue weighted by Crippen LogP contribution is -2.42. The molecule has 2 heterocycles. The van der Waals surface area contributed by atoms with Crippen LogP contribution < -0.4 is 15.0 Å². The average molecular weight is 363 g/mol. The third-order valence-corrected chi connectivity index (χ3v) is 5.43. The van der Waals surface area contributed by atoms with Crippen molar-refractivity contribution in [1.82, 2.24) is 4.90 Å². The predicted octanol–water partition coefficient (Wildman–Crippen LogP) is 3.75. The number of rotatable bonds is 3. The number of carbonyl (C=O) groups excluding carboxylic acids is 1. The Kier molecular flexibility index (Phi) is 4.30. The summed E-state index contributed by atoms with van der Waals surface area (Å²) in [6.45, 7) is 2.81. The second-order valence-electron chi connectivity index (χ2n) is 7.33. The Hall–Kier alpha value is -2.95. The molecular formula is C22H25N3O2. The molecule has 2 aliphatic heterocycles. The van der Waals surface area contributed by atoms with E-state index in [-0.39, 0.29) is 12.1 Å². The molecule has 2 aliphatic rings. The molecule has 0 aliphatic carbocycles. The number of methoxy groups -OCH3 is 1. The summed E-state index contributed by atoms with van der Waals surface area (Å²) in [4.78, 5) is 17.1. The topological polar surface area (TPSA) is 44.8 Å². The Bertz CT molecular complexity index is 933. The van der Waals surface area contributed by atoms with E-state index in [1.165, 1.54) is 11.1 Å². The molecule has 1 fully saturated rings. The fraction of sp³-hybridized carbons (Fsp3) is 0.318. The van der Waals surface area contributed by atoms with Gasteiger partial charge in [0.1, 0.15) is 11.9 Å². The SMILES string of the molecule is COc1ccc(C)c2c1NC1C(=C2)CCN1C(=O)c1cccc(N(C)C)c1. The molecule has 1 atom stereocenters. The molecule has 4 rings (SSSR count). The normalized spacial score (nSPS) is 17.6. The van der Waals surface area contributed by atoms with Crippen LogP contribution in [-0.2, 0) is 0 Å². The third kappa shape index (κ3) is 2.93. The second kappa shape index (κ2) is 6.65. The van der Waals surface area contributed by atoms with Crippen LogP contribution in [0.3, 0.4) is 0 Å².